The quantitative estimate of drug-likeness (QED) is 0.823. The van der Waals surface area contributed by atoms with Gasteiger partial charge in [0.2, 0.25) is 0 Å². The lowest BCUT2D eigenvalue weighted by molar-refractivity contribution is -0.903. The van der Waals surface area contributed by atoms with Gasteiger partial charge in [0, 0.05) is 18.4 Å². The lowest BCUT2D eigenvalue weighted by Gasteiger charge is -2.37. The van der Waals surface area contributed by atoms with Crippen LogP contribution in [0.2, 0.25) is 0 Å². The van der Waals surface area contributed by atoms with Gasteiger partial charge in [0.05, 0.1) is 19.7 Å². The van der Waals surface area contributed by atoms with Crippen molar-refractivity contribution in [1.29, 1.82) is 0 Å². The lowest BCUT2D eigenvalue weighted by Crippen LogP contribution is -3.10. The maximum Gasteiger partial charge on any atom is 0.254 e. The Morgan fingerprint density at radius 1 is 1.32 bits per heavy atom. The molecule has 0 fully saturated rings. The molecule has 106 valence electrons. The number of carbonyl (C=O) groups excluding carboxylic acids is 1. The predicted molar refractivity (Wildman–Crippen MR) is 75.7 cm³/mol. The second-order valence-electron chi connectivity index (χ2n) is 7.15. The van der Waals surface area contributed by atoms with Crippen molar-refractivity contribution >= 4 is 5.78 Å². The first-order chi connectivity index (χ1) is 8.71. The molecule has 0 bridgehead atoms. The molecule has 3 heteroatoms. The van der Waals surface area contributed by atoms with Crippen LogP contribution < -0.4 is 4.90 Å². The van der Waals surface area contributed by atoms with E-state index in [-0.39, 0.29) is 17.4 Å². The van der Waals surface area contributed by atoms with E-state index in [1.165, 1.54) is 10.5 Å². The van der Waals surface area contributed by atoms with Crippen molar-refractivity contribution in [2.45, 2.75) is 46.8 Å². The standard InChI is InChI=1S/C16H25NO2/c1-10(2)11-7-12-13(18)8-16(3,4)9-14(12)19-15(11)17(5)6/h7,10,15H,8-9H2,1-6H3/p+1/t15-/m1/s1. The number of rotatable bonds is 2. The van der Waals surface area contributed by atoms with Crippen LogP contribution in [0, 0.1) is 11.3 Å². The Kier molecular flexibility index (Phi) is 3.61. The zero-order valence-corrected chi connectivity index (χ0v) is 13.0. The van der Waals surface area contributed by atoms with Gasteiger partial charge < -0.3 is 9.64 Å². The first-order valence-corrected chi connectivity index (χ1v) is 7.16. The van der Waals surface area contributed by atoms with E-state index >= 15 is 0 Å². The third-order valence-corrected chi connectivity index (χ3v) is 3.94. The van der Waals surface area contributed by atoms with Crippen molar-refractivity contribution in [3.63, 3.8) is 0 Å². The second-order valence-corrected chi connectivity index (χ2v) is 7.15. The minimum atomic E-state index is 0.0191. The van der Waals surface area contributed by atoms with E-state index in [9.17, 15) is 4.79 Å². The van der Waals surface area contributed by atoms with Crippen LogP contribution in [-0.4, -0.2) is 26.1 Å². The number of nitrogens with one attached hydrogen (secondary N) is 1. The molecule has 0 saturated carbocycles. The van der Waals surface area contributed by atoms with Crippen molar-refractivity contribution in [1.82, 2.24) is 0 Å². The highest BCUT2D eigenvalue weighted by molar-refractivity contribution is 6.00. The highest BCUT2D eigenvalue weighted by atomic mass is 16.5. The van der Waals surface area contributed by atoms with Crippen LogP contribution in [0.5, 0.6) is 0 Å². The normalized spacial score (nSPS) is 26.4. The van der Waals surface area contributed by atoms with E-state index in [1.807, 2.05) is 0 Å². The molecule has 1 aliphatic heterocycles. The molecule has 1 atom stereocenters. The van der Waals surface area contributed by atoms with Crippen LogP contribution in [0.1, 0.15) is 40.5 Å². The molecule has 0 spiro atoms. The maximum atomic E-state index is 12.3. The number of Topliss-reactive ketones (excluding diaryl/α,β-unsaturated/α-hetero) is 1. The molecule has 0 radical (unpaired) electrons. The van der Waals surface area contributed by atoms with Crippen LogP contribution in [0.25, 0.3) is 0 Å². The topological polar surface area (TPSA) is 30.7 Å². The summed E-state index contributed by atoms with van der Waals surface area (Å²) in [5, 5.41) is 0. The number of hydrogen-bond donors (Lipinski definition) is 1. The van der Waals surface area contributed by atoms with Gasteiger partial charge >= 0.3 is 0 Å². The van der Waals surface area contributed by atoms with E-state index in [0.29, 0.717) is 12.3 Å². The van der Waals surface area contributed by atoms with Crippen molar-refractivity contribution < 1.29 is 14.4 Å². The van der Waals surface area contributed by atoms with E-state index in [2.05, 4.69) is 47.9 Å². The molecule has 0 aromatic carbocycles. The van der Waals surface area contributed by atoms with Crippen molar-refractivity contribution in [2.24, 2.45) is 11.3 Å². The molecule has 1 aliphatic carbocycles. The van der Waals surface area contributed by atoms with E-state index < -0.39 is 0 Å². The Bertz CT molecular complexity index is 455. The predicted octanol–water partition coefficient (Wildman–Crippen LogP) is 1.71. The first-order valence-electron chi connectivity index (χ1n) is 7.16. The summed E-state index contributed by atoms with van der Waals surface area (Å²) in [7, 11) is 4.20. The number of allylic oxidation sites excluding steroid dienone is 3. The molecular weight excluding hydrogens is 238 g/mol. The summed E-state index contributed by atoms with van der Waals surface area (Å²) in [6.07, 6.45) is 3.62. The summed E-state index contributed by atoms with van der Waals surface area (Å²) in [5.41, 5.74) is 2.07. The summed E-state index contributed by atoms with van der Waals surface area (Å²) in [6.45, 7) is 8.59. The van der Waals surface area contributed by atoms with Gasteiger partial charge in [-0.15, -0.1) is 0 Å². The van der Waals surface area contributed by atoms with E-state index in [1.54, 1.807) is 0 Å². The zero-order chi connectivity index (χ0) is 14.4. The molecule has 1 heterocycles. The Morgan fingerprint density at radius 3 is 2.47 bits per heavy atom. The van der Waals surface area contributed by atoms with Crippen molar-refractivity contribution in [3.05, 3.63) is 23.0 Å². The average Bonchev–Trinajstić information content (AvgIpc) is 2.25. The van der Waals surface area contributed by atoms with Crippen LogP contribution in [-0.2, 0) is 9.53 Å². The Hall–Kier alpha value is -1.09. The molecule has 0 amide bonds. The zero-order valence-electron chi connectivity index (χ0n) is 13.0. The molecule has 3 nitrogen and oxygen atoms in total. The molecular formula is C16H26NO2+. The van der Waals surface area contributed by atoms with Gasteiger partial charge in [-0.05, 0) is 17.4 Å². The van der Waals surface area contributed by atoms with Gasteiger partial charge in [-0.3, -0.25) is 4.79 Å². The molecule has 19 heavy (non-hydrogen) atoms. The first kappa shape index (κ1) is 14.3. The molecule has 0 aromatic rings. The summed E-state index contributed by atoms with van der Waals surface area (Å²) >= 11 is 0. The largest absolute Gasteiger partial charge is 0.442 e. The molecule has 0 unspecified atom stereocenters. The number of carbonyl (C=O) groups is 1. The highest BCUT2D eigenvalue weighted by Gasteiger charge is 2.39. The third-order valence-electron chi connectivity index (χ3n) is 3.94. The van der Waals surface area contributed by atoms with Gasteiger partial charge in [-0.25, -0.2) is 0 Å². The van der Waals surface area contributed by atoms with Crippen LogP contribution >= 0.6 is 0 Å². The monoisotopic (exact) mass is 264 g/mol. The number of quaternary nitrogens is 1. The van der Waals surface area contributed by atoms with Gasteiger partial charge in [0.25, 0.3) is 6.23 Å². The Balaban J connectivity index is 2.42. The number of ether oxygens (including phenoxy) is 1. The van der Waals surface area contributed by atoms with Gasteiger partial charge in [0.1, 0.15) is 5.76 Å². The molecule has 2 rings (SSSR count). The van der Waals surface area contributed by atoms with Gasteiger partial charge in [-0.2, -0.15) is 0 Å². The van der Waals surface area contributed by atoms with E-state index in [0.717, 1.165) is 17.8 Å². The maximum absolute atomic E-state index is 12.3. The average molecular weight is 264 g/mol. The summed E-state index contributed by atoms with van der Waals surface area (Å²) in [4.78, 5) is 13.6. The Morgan fingerprint density at radius 2 is 1.95 bits per heavy atom. The fraction of sp³-hybridized carbons (Fsp3) is 0.688. The molecule has 0 saturated heterocycles. The fourth-order valence-electron chi connectivity index (χ4n) is 2.92. The number of ketones is 1. The second kappa shape index (κ2) is 4.78. The molecule has 2 aliphatic rings. The summed E-state index contributed by atoms with van der Waals surface area (Å²) in [5.74, 6) is 1.53. The van der Waals surface area contributed by atoms with Crippen LogP contribution in [0.4, 0.5) is 0 Å². The summed E-state index contributed by atoms with van der Waals surface area (Å²) in [6, 6.07) is 0. The SMILES string of the molecule is CC(C)C1=CC2=C(CC(C)(C)CC2=O)O[C@H]1[NH+](C)C. The number of likely N-dealkylation sites (N-methyl/N-ethyl adjacent to an activating group) is 1. The highest BCUT2D eigenvalue weighted by Crippen LogP contribution is 2.41. The number of hydrogen-bond acceptors (Lipinski definition) is 2. The lowest BCUT2D eigenvalue weighted by atomic mass is 9.75. The van der Waals surface area contributed by atoms with E-state index in [4.69, 9.17) is 4.74 Å². The van der Waals surface area contributed by atoms with Crippen molar-refractivity contribution in [3.8, 4) is 0 Å². The molecule has 1 N–H and O–H groups in total. The van der Waals surface area contributed by atoms with Crippen LogP contribution in [0.15, 0.2) is 23.0 Å². The third kappa shape index (κ3) is 2.76. The van der Waals surface area contributed by atoms with Gasteiger partial charge in [-0.1, -0.05) is 27.7 Å². The van der Waals surface area contributed by atoms with Gasteiger partial charge in [0.15, 0.2) is 5.78 Å². The summed E-state index contributed by atoms with van der Waals surface area (Å²) < 4.78 is 6.19. The molecule has 0 aromatic heterocycles. The smallest absolute Gasteiger partial charge is 0.254 e. The minimum absolute atomic E-state index is 0.0191. The van der Waals surface area contributed by atoms with Crippen molar-refractivity contribution in [2.75, 3.05) is 14.1 Å². The fourth-order valence-corrected chi connectivity index (χ4v) is 2.92. The minimum Gasteiger partial charge on any atom is -0.442 e. The Labute approximate surface area is 116 Å². The van der Waals surface area contributed by atoms with Crippen LogP contribution in [0.3, 0.4) is 0 Å².